The Balaban J connectivity index is 1.73. The van der Waals surface area contributed by atoms with Gasteiger partial charge in [0.25, 0.3) is 0 Å². The van der Waals surface area contributed by atoms with E-state index in [2.05, 4.69) is 10.6 Å². The SMILES string of the molecule is Cc1csc(=O)n1CC(=O)NCC(=O)NCc1ccco1. The number of furan rings is 1. The fourth-order valence-electron chi connectivity index (χ4n) is 1.64. The van der Waals surface area contributed by atoms with Crippen molar-refractivity contribution in [1.29, 1.82) is 0 Å². The second-order valence-electron chi connectivity index (χ2n) is 4.36. The van der Waals surface area contributed by atoms with Gasteiger partial charge >= 0.3 is 4.87 Å². The summed E-state index contributed by atoms with van der Waals surface area (Å²) >= 11 is 1.04. The summed E-state index contributed by atoms with van der Waals surface area (Å²) in [6, 6.07) is 3.47. The molecule has 0 fully saturated rings. The number of carbonyl (C=O) groups excluding carboxylic acids is 2. The minimum Gasteiger partial charge on any atom is -0.467 e. The van der Waals surface area contributed by atoms with Crippen LogP contribution in [-0.4, -0.2) is 22.9 Å². The lowest BCUT2D eigenvalue weighted by atomic mass is 10.4. The average molecular weight is 309 g/mol. The van der Waals surface area contributed by atoms with Crippen molar-refractivity contribution in [3.63, 3.8) is 0 Å². The van der Waals surface area contributed by atoms with Crippen molar-refractivity contribution >= 4 is 23.2 Å². The van der Waals surface area contributed by atoms with Crippen molar-refractivity contribution in [2.45, 2.75) is 20.0 Å². The third-order valence-electron chi connectivity index (χ3n) is 2.76. The van der Waals surface area contributed by atoms with E-state index in [-0.39, 0.29) is 36.3 Å². The molecule has 0 aromatic carbocycles. The molecule has 2 heterocycles. The van der Waals surface area contributed by atoms with Gasteiger partial charge in [0.2, 0.25) is 11.8 Å². The molecular formula is C13H15N3O4S. The van der Waals surface area contributed by atoms with Crippen LogP contribution < -0.4 is 15.5 Å². The molecule has 0 spiro atoms. The highest BCUT2D eigenvalue weighted by atomic mass is 32.1. The maximum absolute atomic E-state index is 11.7. The number of thiazole rings is 1. The predicted molar refractivity (Wildman–Crippen MR) is 76.9 cm³/mol. The molecule has 2 amide bonds. The summed E-state index contributed by atoms with van der Waals surface area (Å²) in [6.45, 7) is 1.79. The Morgan fingerprint density at radius 2 is 2.14 bits per heavy atom. The summed E-state index contributed by atoms with van der Waals surface area (Å²) in [4.78, 5) is 34.5. The predicted octanol–water partition coefficient (Wildman–Crippen LogP) is 0.244. The highest BCUT2D eigenvalue weighted by Gasteiger charge is 2.10. The van der Waals surface area contributed by atoms with Gasteiger partial charge in [0, 0.05) is 11.1 Å². The summed E-state index contributed by atoms with van der Waals surface area (Å²) in [6.07, 6.45) is 1.52. The summed E-state index contributed by atoms with van der Waals surface area (Å²) in [5, 5.41) is 6.76. The van der Waals surface area contributed by atoms with Gasteiger partial charge in [-0.2, -0.15) is 0 Å². The molecule has 0 atom stereocenters. The Morgan fingerprint density at radius 3 is 2.76 bits per heavy atom. The zero-order chi connectivity index (χ0) is 15.2. The Labute approximate surface area is 124 Å². The summed E-state index contributed by atoms with van der Waals surface area (Å²) in [7, 11) is 0. The zero-order valence-electron chi connectivity index (χ0n) is 11.4. The van der Waals surface area contributed by atoms with Gasteiger partial charge in [0.05, 0.1) is 19.4 Å². The van der Waals surface area contributed by atoms with Gasteiger partial charge in [-0.1, -0.05) is 11.3 Å². The molecule has 0 saturated carbocycles. The number of amides is 2. The van der Waals surface area contributed by atoms with E-state index in [1.165, 1.54) is 10.8 Å². The first kappa shape index (κ1) is 15.0. The van der Waals surface area contributed by atoms with Crippen LogP contribution in [0.25, 0.3) is 0 Å². The molecule has 2 N–H and O–H groups in total. The van der Waals surface area contributed by atoms with Crippen LogP contribution in [0.2, 0.25) is 0 Å². The highest BCUT2D eigenvalue weighted by Crippen LogP contribution is 1.99. The second-order valence-corrected chi connectivity index (χ2v) is 5.18. The van der Waals surface area contributed by atoms with Gasteiger partial charge in [-0.05, 0) is 19.1 Å². The van der Waals surface area contributed by atoms with E-state index < -0.39 is 0 Å². The van der Waals surface area contributed by atoms with Gasteiger partial charge in [-0.25, -0.2) is 0 Å². The molecular weight excluding hydrogens is 294 g/mol. The standard InChI is InChI=1S/C13H15N3O4S/c1-9-8-21-13(19)16(9)7-12(18)15-6-11(17)14-5-10-3-2-4-20-10/h2-4,8H,5-7H2,1H3,(H,14,17)(H,15,18). The first-order valence-electron chi connectivity index (χ1n) is 6.27. The van der Waals surface area contributed by atoms with Crippen molar-refractivity contribution < 1.29 is 14.0 Å². The Kier molecular flexibility index (Phi) is 4.94. The molecule has 0 unspecified atom stereocenters. The lowest BCUT2D eigenvalue weighted by Gasteiger charge is -2.07. The lowest BCUT2D eigenvalue weighted by molar-refractivity contribution is -0.126. The number of rotatable bonds is 6. The summed E-state index contributed by atoms with van der Waals surface area (Å²) in [5.41, 5.74) is 0.724. The maximum atomic E-state index is 11.7. The van der Waals surface area contributed by atoms with E-state index in [4.69, 9.17) is 4.42 Å². The molecule has 0 radical (unpaired) electrons. The summed E-state index contributed by atoms with van der Waals surface area (Å²) < 4.78 is 6.43. The van der Waals surface area contributed by atoms with Crippen molar-refractivity contribution in [3.05, 3.63) is 44.9 Å². The van der Waals surface area contributed by atoms with Crippen molar-refractivity contribution in [3.8, 4) is 0 Å². The number of aromatic nitrogens is 1. The van der Waals surface area contributed by atoms with Crippen LogP contribution in [0, 0.1) is 6.92 Å². The van der Waals surface area contributed by atoms with Crippen molar-refractivity contribution in [2.24, 2.45) is 0 Å². The fourth-order valence-corrected chi connectivity index (χ4v) is 2.37. The molecule has 0 bridgehead atoms. The second kappa shape index (κ2) is 6.89. The van der Waals surface area contributed by atoms with Crippen LogP contribution in [0.1, 0.15) is 11.5 Å². The minimum atomic E-state index is -0.383. The number of carbonyl (C=O) groups is 2. The van der Waals surface area contributed by atoms with Gasteiger partial charge in [0.15, 0.2) is 0 Å². The zero-order valence-corrected chi connectivity index (χ0v) is 12.2. The largest absolute Gasteiger partial charge is 0.467 e. The summed E-state index contributed by atoms with van der Waals surface area (Å²) in [5.74, 6) is -0.0731. The first-order valence-corrected chi connectivity index (χ1v) is 7.15. The van der Waals surface area contributed by atoms with Gasteiger partial charge in [-0.3, -0.25) is 19.0 Å². The number of aryl methyl sites for hydroxylation is 1. The molecule has 2 aromatic heterocycles. The third-order valence-corrected chi connectivity index (χ3v) is 3.65. The van der Waals surface area contributed by atoms with E-state index in [1.54, 1.807) is 24.4 Å². The quantitative estimate of drug-likeness (QED) is 0.799. The molecule has 2 rings (SSSR count). The number of nitrogens with zero attached hydrogens (tertiary/aromatic N) is 1. The van der Waals surface area contributed by atoms with Crippen molar-refractivity contribution in [2.75, 3.05) is 6.54 Å². The van der Waals surface area contributed by atoms with Crippen LogP contribution in [0.5, 0.6) is 0 Å². The Bertz CT molecular complexity index is 672. The van der Waals surface area contributed by atoms with Gasteiger partial charge in [-0.15, -0.1) is 0 Å². The van der Waals surface area contributed by atoms with E-state index in [0.717, 1.165) is 17.0 Å². The smallest absolute Gasteiger partial charge is 0.307 e. The van der Waals surface area contributed by atoms with E-state index in [0.29, 0.717) is 5.76 Å². The molecule has 0 saturated heterocycles. The molecule has 0 aliphatic heterocycles. The van der Waals surface area contributed by atoms with E-state index in [1.807, 2.05) is 0 Å². The molecule has 7 nitrogen and oxygen atoms in total. The minimum absolute atomic E-state index is 0.0837. The fraction of sp³-hybridized carbons (Fsp3) is 0.308. The van der Waals surface area contributed by atoms with Crippen LogP contribution in [0.3, 0.4) is 0 Å². The monoisotopic (exact) mass is 309 g/mol. The van der Waals surface area contributed by atoms with Crippen LogP contribution >= 0.6 is 11.3 Å². The molecule has 2 aromatic rings. The maximum Gasteiger partial charge on any atom is 0.307 e. The Hall–Kier alpha value is -2.35. The molecule has 21 heavy (non-hydrogen) atoms. The van der Waals surface area contributed by atoms with E-state index >= 15 is 0 Å². The molecule has 0 aliphatic carbocycles. The topological polar surface area (TPSA) is 93.3 Å². The van der Waals surface area contributed by atoms with Crippen LogP contribution in [-0.2, 0) is 22.7 Å². The third kappa shape index (κ3) is 4.32. The van der Waals surface area contributed by atoms with Crippen LogP contribution in [0.15, 0.2) is 33.0 Å². The lowest BCUT2D eigenvalue weighted by Crippen LogP contribution is -2.39. The van der Waals surface area contributed by atoms with Gasteiger partial charge < -0.3 is 15.1 Å². The van der Waals surface area contributed by atoms with Crippen LogP contribution in [0.4, 0.5) is 0 Å². The number of hydrogen-bond donors (Lipinski definition) is 2. The number of hydrogen-bond acceptors (Lipinski definition) is 5. The first-order chi connectivity index (χ1) is 10.1. The Morgan fingerprint density at radius 1 is 1.33 bits per heavy atom. The molecule has 8 heteroatoms. The molecule has 0 aliphatic rings. The molecule has 112 valence electrons. The van der Waals surface area contributed by atoms with Gasteiger partial charge in [0.1, 0.15) is 12.3 Å². The number of nitrogens with one attached hydrogen (secondary N) is 2. The highest BCUT2D eigenvalue weighted by molar-refractivity contribution is 7.07. The average Bonchev–Trinajstić information content (AvgIpc) is 3.08. The normalized spacial score (nSPS) is 10.3. The van der Waals surface area contributed by atoms with Crippen molar-refractivity contribution in [1.82, 2.24) is 15.2 Å². The van der Waals surface area contributed by atoms with E-state index in [9.17, 15) is 14.4 Å².